The number of fused-ring (bicyclic) bond motifs is 1. The maximum atomic E-state index is 12.5. The number of esters is 2. The Balaban J connectivity index is 1.77. The van der Waals surface area contributed by atoms with Crippen LogP contribution in [0.15, 0.2) is 42.2 Å². The highest BCUT2D eigenvalue weighted by atomic mass is 16.7. The van der Waals surface area contributed by atoms with Crippen LogP contribution in [-0.4, -0.2) is 63.6 Å². The van der Waals surface area contributed by atoms with Crippen molar-refractivity contribution in [1.29, 1.82) is 0 Å². The van der Waals surface area contributed by atoms with Crippen molar-refractivity contribution in [2.24, 2.45) is 17.8 Å². The molecule has 0 bridgehead atoms. The van der Waals surface area contributed by atoms with Crippen molar-refractivity contribution >= 4 is 18.0 Å². The topological polar surface area (TPSA) is 143 Å². The third-order valence-corrected chi connectivity index (χ3v) is 6.62. The molecule has 1 heterocycles. The molecule has 0 spiro atoms. The number of phenols is 1. The van der Waals surface area contributed by atoms with Crippen LogP contribution < -0.4 is 0 Å². The number of aliphatic hydroxyl groups is 3. The van der Waals surface area contributed by atoms with Crippen LogP contribution in [0.2, 0.25) is 0 Å². The molecule has 1 aliphatic carbocycles. The lowest BCUT2D eigenvalue weighted by Gasteiger charge is -2.39. The molecule has 0 aromatic heterocycles. The first-order valence-corrected chi connectivity index (χ1v) is 11.4. The third-order valence-electron chi connectivity index (χ3n) is 6.62. The zero-order chi connectivity index (χ0) is 24.9. The van der Waals surface area contributed by atoms with Gasteiger partial charge in [-0.2, -0.15) is 0 Å². The Kier molecular flexibility index (Phi) is 8.35. The van der Waals surface area contributed by atoms with Crippen molar-refractivity contribution < 1.29 is 44.2 Å². The van der Waals surface area contributed by atoms with E-state index in [0.29, 0.717) is 11.1 Å². The van der Waals surface area contributed by atoms with E-state index in [0.717, 1.165) is 6.42 Å². The minimum absolute atomic E-state index is 0.0932. The lowest BCUT2D eigenvalue weighted by Crippen LogP contribution is -2.54. The van der Waals surface area contributed by atoms with Crippen molar-refractivity contribution in [2.75, 3.05) is 13.2 Å². The Morgan fingerprint density at radius 1 is 1.24 bits per heavy atom. The molecule has 34 heavy (non-hydrogen) atoms. The molecule has 0 saturated heterocycles. The number of phenolic OH excluding ortho intramolecular Hbond substituents is 1. The van der Waals surface area contributed by atoms with E-state index >= 15 is 0 Å². The third kappa shape index (κ3) is 5.60. The summed E-state index contributed by atoms with van der Waals surface area (Å²) in [6, 6.07) is 6.17. The second kappa shape index (κ2) is 11.0. The van der Waals surface area contributed by atoms with Crippen molar-refractivity contribution in [3.8, 4) is 5.75 Å². The van der Waals surface area contributed by atoms with E-state index in [4.69, 9.17) is 14.2 Å². The molecule has 1 aliphatic heterocycles. The van der Waals surface area contributed by atoms with Crippen LogP contribution >= 0.6 is 0 Å². The molecule has 0 radical (unpaired) electrons. The number of ether oxygens (including phenoxy) is 3. The van der Waals surface area contributed by atoms with Gasteiger partial charge in [0.2, 0.25) is 6.29 Å². The Morgan fingerprint density at radius 3 is 2.56 bits per heavy atom. The summed E-state index contributed by atoms with van der Waals surface area (Å²) >= 11 is 0. The van der Waals surface area contributed by atoms with Crippen LogP contribution in [0.5, 0.6) is 5.75 Å². The molecule has 0 unspecified atom stereocenters. The van der Waals surface area contributed by atoms with E-state index in [1.165, 1.54) is 30.5 Å². The number of hydrogen-bond donors (Lipinski definition) is 4. The molecule has 3 rings (SSSR count). The monoisotopic (exact) mass is 476 g/mol. The predicted octanol–water partition coefficient (Wildman–Crippen LogP) is 1.89. The first-order chi connectivity index (χ1) is 16.2. The quantitative estimate of drug-likeness (QED) is 0.310. The Labute approximate surface area is 198 Å². The second-order valence-electron chi connectivity index (χ2n) is 8.93. The fourth-order valence-electron chi connectivity index (χ4n) is 4.43. The molecule has 9 nitrogen and oxygen atoms in total. The summed E-state index contributed by atoms with van der Waals surface area (Å²) in [6.07, 6.45) is 2.70. The molecular formula is C25H32O9. The summed E-state index contributed by atoms with van der Waals surface area (Å²) in [5.74, 6) is -2.53. The molecule has 0 amide bonds. The Hall–Kier alpha value is -2.88. The Morgan fingerprint density at radius 2 is 1.94 bits per heavy atom. The summed E-state index contributed by atoms with van der Waals surface area (Å²) in [5.41, 5.74) is -0.855. The van der Waals surface area contributed by atoms with E-state index in [-0.39, 0.29) is 31.1 Å². The average molecular weight is 477 g/mol. The maximum absolute atomic E-state index is 12.5. The van der Waals surface area contributed by atoms with Gasteiger partial charge in [0.1, 0.15) is 17.5 Å². The van der Waals surface area contributed by atoms with Crippen molar-refractivity contribution in [1.82, 2.24) is 0 Å². The highest BCUT2D eigenvalue weighted by Gasteiger charge is 2.62. The van der Waals surface area contributed by atoms with Crippen molar-refractivity contribution in [2.45, 2.75) is 51.1 Å². The molecular weight excluding hydrogens is 444 g/mol. The smallest absolute Gasteiger partial charge is 0.331 e. The van der Waals surface area contributed by atoms with Crippen LogP contribution in [0, 0.1) is 17.8 Å². The van der Waals surface area contributed by atoms with Crippen LogP contribution in [0.3, 0.4) is 0 Å². The zero-order valence-corrected chi connectivity index (χ0v) is 19.3. The molecule has 6 atom stereocenters. The summed E-state index contributed by atoms with van der Waals surface area (Å²) in [7, 11) is 0. The van der Waals surface area contributed by atoms with Gasteiger partial charge in [-0.05, 0) is 41.7 Å². The minimum atomic E-state index is -1.96. The largest absolute Gasteiger partial charge is 0.508 e. The molecule has 186 valence electrons. The summed E-state index contributed by atoms with van der Waals surface area (Å²) in [6.45, 7) is 2.74. The van der Waals surface area contributed by atoms with Crippen LogP contribution in [0.25, 0.3) is 6.08 Å². The number of hydrogen-bond acceptors (Lipinski definition) is 9. The van der Waals surface area contributed by atoms with Gasteiger partial charge in [-0.3, -0.25) is 4.79 Å². The fourth-order valence-corrected chi connectivity index (χ4v) is 4.43. The molecule has 9 heteroatoms. The number of rotatable bonds is 9. The van der Waals surface area contributed by atoms with Crippen LogP contribution in [-0.2, 0) is 23.8 Å². The van der Waals surface area contributed by atoms with Crippen molar-refractivity contribution in [3.05, 3.63) is 47.7 Å². The Bertz CT molecular complexity index is 923. The molecule has 1 aromatic rings. The lowest BCUT2D eigenvalue weighted by molar-refractivity contribution is -0.221. The number of aliphatic hydroxyl groups excluding tert-OH is 2. The normalized spacial score (nSPS) is 29.1. The van der Waals surface area contributed by atoms with Gasteiger partial charge in [-0.15, -0.1) is 0 Å². The van der Waals surface area contributed by atoms with E-state index in [1.807, 2.05) is 13.8 Å². The maximum Gasteiger partial charge on any atom is 0.331 e. The highest BCUT2D eigenvalue weighted by Crippen LogP contribution is 2.50. The highest BCUT2D eigenvalue weighted by molar-refractivity contribution is 5.87. The summed E-state index contributed by atoms with van der Waals surface area (Å²) in [5, 5.41) is 40.6. The van der Waals surface area contributed by atoms with Crippen LogP contribution in [0.1, 0.15) is 38.7 Å². The standard InChI is InChI=1S/C25H32O9/c1-3-15(2)10-22(30)34-24-23-19(17(12-26)13-32-24)11-20(25(23,31)14-27)33-21(29)9-6-16-4-7-18(28)8-5-16/h4-9,13,15,19-20,23-24,26-28,31H,3,10-12,14H2,1-2H3/b9-6-/t15-,19+,20-,23+,24-,25+/m0/s1. The van der Waals surface area contributed by atoms with Gasteiger partial charge in [0.05, 0.1) is 25.4 Å². The molecule has 2 aliphatic rings. The van der Waals surface area contributed by atoms with Crippen LogP contribution in [0.4, 0.5) is 0 Å². The van der Waals surface area contributed by atoms with Gasteiger partial charge in [-0.1, -0.05) is 32.4 Å². The SMILES string of the molecule is CC[C@H](C)CC(=O)O[C@@H]1OC=C(CO)[C@H]2C[C@H](OC(=O)/C=C\c3ccc(O)cc3)[C@](O)(CO)[C@@H]12. The lowest BCUT2D eigenvalue weighted by atomic mass is 9.80. The number of carbonyl (C=O) groups is 2. The van der Waals surface area contributed by atoms with Crippen molar-refractivity contribution in [3.63, 3.8) is 0 Å². The van der Waals surface area contributed by atoms with Gasteiger partial charge < -0.3 is 34.6 Å². The molecule has 1 aromatic carbocycles. The summed E-state index contributed by atoms with van der Waals surface area (Å²) in [4.78, 5) is 24.9. The summed E-state index contributed by atoms with van der Waals surface area (Å²) < 4.78 is 16.5. The van der Waals surface area contributed by atoms with Gasteiger partial charge in [0, 0.05) is 18.4 Å². The van der Waals surface area contributed by atoms with Gasteiger partial charge >= 0.3 is 11.9 Å². The number of benzene rings is 1. The second-order valence-corrected chi connectivity index (χ2v) is 8.93. The first kappa shape index (κ1) is 25.7. The molecule has 1 fully saturated rings. The number of aromatic hydroxyl groups is 1. The number of carbonyl (C=O) groups excluding carboxylic acids is 2. The van der Waals surface area contributed by atoms with Gasteiger partial charge in [-0.25, -0.2) is 4.79 Å². The minimum Gasteiger partial charge on any atom is -0.508 e. The van der Waals surface area contributed by atoms with E-state index in [9.17, 15) is 30.0 Å². The van der Waals surface area contributed by atoms with E-state index < -0.39 is 48.4 Å². The first-order valence-electron chi connectivity index (χ1n) is 11.4. The molecule has 4 N–H and O–H groups in total. The molecule has 1 saturated carbocycles. The predicted molar refractivity (Wildman–Crippen MR) is 121 cm³/mol. The van der Waals surface area contributed by atoms with E-state index in [1.54, 1.807) is 12.1 Å². The van der Waals surface area contributed by atoms with Gasteiger partial charge in [0.15, 0.2) is 0 Å². The van der Waals surface area contributed by atoms with E-state index in [2.05, 4.69) is 0 Å². The zero-order valence-electron chi connectivity index (χ0n) is 19.3. The van der Waals surface area contributed by atoms with Gasteiger partial charge in [0.25, 0.3) is 0 Å². The average Bonchev–Trinajstić information content (AvgIpc) is 3.11. The fraction of sp³-hybridized carbons (Fsp3) is 0.520.